The monoisotopic (exact) mass is 448 g/mol. The molecule has 0 aliphatic carbocycles. The zero-order chi connectivity index (χ0) is 22.5. The van der Waals surface area contributed by atoms with Crippen LogP contribution in [0.25, 0.3) is 33.4 Å². The van der Waals surface area contributed by atoms with Gasteiger partial charge in [0.15, 0.2) is 17.8 Å². The van der Waals surface area contributed by atoms with Crippen molar-refractivity contribution < 1.29 is 28.8 Å². The van der Waals surface area contributed by atoms with Crippen molar-refractivity contribution in [1.29, 1.82) is 0 Å². The molecule has 6 rings (SSSR count). The molecule has 4 heterocycles. The average Bonchev–Trinajstić information content (AvgIpc) is 3.51. The number of pyridine rings is 1. The average molecular weight is 448 g/mol. The summed E-state index contributed by atoms with van der Waals surface area (Å²) in [6.07, 6.45) is -1.73. The molecule has 33 heavy (non-hydrogen) atoms. The van der Waals surface area contributed by atoms with E-state index in [2.05, 4.69) is 9.97 Å². The third-order valence-corrected chi connectivity index (χ3v) is 6.15. The number of ether oxygens (including phenoxy) is 3. The van der Waals surface area contributed by atoms with Crippen LogP contribution in [-0.4, -0.2) is 57.8 Å². The van der Waals surface area contributed by atoms with E-state index in [0.29, 0.717) is 29.1 Å². The molecule has 3 N–H and O–H groups in total. The van der Waals surface area contributed by atoms with Crippen molar-refractivity contribution in [3.63, 3.8) is 0 Å². The summed E-state index contributed by atoms with van der Waals surface area (Å²) in [4.78, 5) is 7.56. The lowest BCUT2D eigenvalue weighted by atomic mass is 10.0. The first-order valence-electron chi connectivity index (χ1n) is 10.7. The van der Waals surface area contributed by atoms with Gasteiger partial charge in [0, 0.05) is 17.7 Å². The van der Waals surface area contributed by atoms with Crippen LogP contribution in [0.1, 0.15) is 0 Å². The lowest BCUT2D eigenvalue weighted by Crippen LogP contribution is -2.34. The van der Waals surface area contributed by atoms with Crippen molar-refractivity contribution in [2.75, 3.05) is 13.2 Å². The molecule has 0 unspecified atom stereocenters. The van der Waals surface area contributed by atoms with E-state index in [1.54, 1.807) is 18.2 Å². The first-order chi connectivity index (χ1) is 16.0. The van der Waals surface area contributed by atoms with E-state index in [4.69, 9.17) is 14.2 Å². The summed E-state index contributed by atoms with van der Waals surface area (Å²) in [5.74, 6) is 0.203. The van der Waals surface area contributed by atoms with Gasteiger partial charge in [0.1, 0.15) is 29.8 Å². The van der Waals surface area contributed by atoms with Crippen LogP contribution < -0.4 is 4.74 Å². The zero-order valence-electron chi connectivity index (χ0n) is 17.4. The topological polar surface area (TPSA) is 96.8 Å². The van der Waals surface area contributed by atoms with E-state index in [9.17, 15) is 14.6 Å². The van der Waals surface area contributed by atoms with Gasteiger partial charge in [-0.05, 0) is 23.3 Å². The number of aromatic nitrogens is 2. The van der Waals surface area contributed by atoms with Gasteiger partial charge in [0.2, 0.25) is 0 Å². The molecule has 2 aliphatic heterocycles. The summed E-state index contributed by atoms with van der Waals surface area (Å²) in [5.41, 5.74) is 3.90. The highest BCUT2D eigenvalue weighted by Gasteiger charge is 2.48. The molecule has 2 aromatic carbocycles. The molecule has 4 atom stereocenters. The number of benzene rings is 2. The lowest BCUT2D eigenvalue weighted by molar-refractivity contribution is 0.00794. The number of H-pyrrole nitrogens is 1. The fourth-order valence-electron chi connectivity index (χ4n) is 4.45. The van der Waals surface area contributed by atoms with Crippen molar-refractivity contribution in [2.45, 2.75) is 24.4 Å². The molecule has 7 nitrogen and oxygen atoms in total. The number of hydrogen-bond donors (Lipinski definition) is 3. The minimum absolute atomic E-state index is 0.207. The van der Waals surface area contributed by atoms with Crippen LogP contribution in [0.5, 0.6) is 11.6 Å². The van der Waals surface area contributed by atoms with Crippen LogP contribution in [-0.2, 0) is 9.47 Å². The standard InChI is InChI=1S/C25H21FN2O5/c26-17-9-18-19(10-22(27-18)33-21-12-32-24-20(30)11-31-25(21)24)28-23(17)15-3-1-13(2-4-15)14-5-7-16(29)8-6-14/h1-10,20-21,24-25,27,29-30H,11-12H2/t20-,21-,24-,25-/m1/s1. The molecule has 8 heteroatoms. The predicted molar refractivity (Wildman–Crippen MR) is 118 cm³/mol. The maximum atomic E-state index is 14.9. The summed E-state index contributed by atoms with van der Waals surface area (Å²) in [5, 5.41) is 19.3. The van der Waals surface area contributed by atoms with Crippen molar-refractivity contribution in [2.24, 2.45) is 0 Å². The van der Waals surface area contributed by atoms with Crippen molar-refractivity contribution in [3.8, 4) is 34.0 Å². The SMILES string of the molecule is Oc1ccc(-c2ccc(-c3nc4cc(O[C@@H]5CO[C@H]6[C@@H]5OC[C@H]6O)[nH]c4cc3F)cc2)cc1. The molecule has 0 saturated carbocycles. The second kappa shape index (κ2) is 7.84. The Kier molecular flexibility index (Phi) is 4.79. The van der Waals surface area contributed by atoms with E-state index >= 15 is 0 Å². The molecule has 2 saturated heterocycles. The predicted octanol–water partition coefficient (Wildman–Crippen LogP) is 3.65. The van der Waals surface area contributed by atoms with Crippen LogP contribution in [0.3, 0.4) is 0 Å². The Morgan fingerprint density at radius 3 is 2.33 bits per heavy atom. The molecule has 2 fully saturated rings. The smallest absolute Gasteiger partial charge is 0.193 e. The normalized spacial score (nSPS) is 24.3. The van der Waals surface area contributed by atoms with Crippen molar-refractivity contribution in [1.82, 2.24) is 9.97 Å². The number of halogens is 1. The van der Waals surface area contributed by atoms with E-state index in [0.717, 1.165) is 11.1 Å². The van der Waals surface area contributed by atoms with Gasteiger partial charge in [-0.1, -0.05) is 36.4 Å². The fourth-order valence-corrected chi connectivity index (χ4v) is 4.45. The number of nitrogens with zero attached hydrogens (tertiary/aromatic N) is 1. The molecule has 0 amide bonds. The van der Waals surface area contributed by atoms with Crippen molar-refractivity contribution >= 4 is 11.0 Å². The fraction of sp³-hybridized carbons (Fsp3) is 0.240. The summed E-state index contributed by atoms with van der Waals surface area (Å²) >= 11 is 0. The summed E-state index contributed by atoms with van der Waals surface area (Å²) < 4.78 is 32.1. The van der Waals surface area contributed by atoms with Gasteiger partial charge >= 0.3 is 0 Å². The van der Waals surface area contributed by atoms with Gasteiger partial charge in [-0.2, -0.15) is 0 Å². The largest absolute Gasteiger partial charge is 0.508 e. The number of phenolic OH excluding ortho intramolecular Hbond substituents is 1. The third-order valence-electron chi connectivity index (χ3n) is 6.15. The van der Waals surface area contributed by atoms with E-state index in [-0.39, 0.29) is 36.4 Å². The zero-order valence-corrected chi connectivity index (χ0v) is 17.4. The van der Waals surface area contributed by atoms with Crippen LogP contribution in [0.15, 0.2) is 60.7 Å². The Labute approximate surface area is 188 Å². The number of nitrogens with one attached hydrogen (secondary N) is 1. The molecule has 168 valence electrons. The number of rotatable bonds is 4. The van der Waals surface area contributed by atoms with Gasteiger partial charge < -0.3 is 29.4 Å². The Hall–Kier alpha value is -3.46. The highest BCUT2D eigenvalue weighted by Crippen LogP contribution is 2.32. The highest BCUT2D eigenvalue weighted by molar-refractivity contribution is 5.81. The Morgan fingerprint density at radius 1 is 0.909 bits per heavy atom. The second-order valence-corrected chi connectivity index (χ2v) is 8.33. The number of hydrogen-bond acceptors (Lipinski definition) is 6. The number of aromatic hydroxyl groups is 1. The number of fused-ring (bicyclic) bond motifs is 2. The Morgan fingerprint density at radius 2 is 1.58 bits per heavy atom. The number of phenols is 1. The van der Waals surface area contributed by atoms with Gasteiger partial charge in [-0.3, -0.25) is 0 Å². The molecule has 0 spiro atoms. The van der Waals surface area contributed by atoms with E-state index in [1.807, 2.05) is 36.4 Å². The Bertz CT molecular complexity index is 1310. The van der Waals surface area contributed by atoms with Crippen LogP contribution in [0, 0.1) is 5.82 Å². The van der Waals surface area contributed by atoms with Gasteiger partial charge in [0.25, 0.3) is 0 Å². The summed E-state index contributed by atoms with van der Waals surface area (Å²) in [7, 11) is 0. The van der Waals surface area contributed by atoms with Gasteiger partial charge in [-0.25, -0.2) is 9.37 Å². The first-order valence-corrected chi connectivity index (χ1v) is 10.7. The Balaban J connectivity index is 1.25. The molecule has 0 radical (unpaired) electrons. The van der Waals surface area contributed by atoms with Crippen molar-refractivity contribution in [3.05, 3.63) is 66.5 Å². The van der Waals surface area contributed by atoms with Gasteiger partial charge in [0.05, 0.1) is 24.2 Å². The maximum Gasteiger partial charge on any atom is 0.193 e. The van der Waals surface area contributed by atoms with Crippen LogP contribution >= 0.6 is 0 Å². The number of aromatic amines is 1. The molecule has 4 aromatic rings. The van der Waals surface area contributed by atoms with E-state index < -0.39 is 11.9 Å². The minimum Gasteiger partial charge on any atom is -0.508 e. The third kappa shape index (κ3) is 3.62. The molecular weight excluding hydrogens is 427 g/mol. The highest BCUT2D eigenvalue weighted by atomic mass is 19.1. The summed E-state index contributed by atoms with van der Waals surface area (Å²) in [6, 6.07) is 17.5. The molecular formula is C25H21FN2O5. The molecule has 2 aromatic heterocycles. The van der Waals surface area contributed by atoms with E-state index in [1.165, 1.54) is 6.07 Å². The first kappa shape index (κ1) is 20.2. The van der Waals surface area contributed by atoms with Gasteiger partial charge in [-0.15, -0.1) is 0 Å². The quantitative estimate of drug-likeness (QED) is 0.441. The minimum atomic E-state index is -0.648. The lowest BCUT2D eigenvalue weighted by Gasteiger charge is -2.16. The molecule has 2 aliphatic rings. The second-order valence-electron chi connectivity index (χ2n) is 8.33. The summed E-state index contributed by atoms with van der Waals surface area (Å²) in [6.45, 7) is 0.533. The number of aliphatic hydroxyl groups is 1. The maximum absolute atomic E-state index is 14.9. The van der Waals surface area contributed by atoms with Crippen LogP contribution in [0.2, 0.25) is 0 Å². The molecule has 0 bridgehead atoms. The number of aliphatic hydroxyl groups excluding tert-OH is 1. The van der Waals surface area contributed by atoms with Crippen LogP contribution in [0.4, 0.5) is 4.39 Å².